The zero-order valence-electron chi connectivity index (χ0n) is 10.8. The molecule has 1 aliphatic carbocycles. The molecule has 1 aliphatic rings. The second kappa shape index (κ2) is 5.05. The van der Waals surface area contributed by atoms with Crippen molar-refractivity contribution in [2.75, 3.05) is 6.61 Å². The van der Waals surface area contributed by atoms with Gasteiger partial charge in [-0.15, -0.1) is 0 Å². The minimum atomic E-state index is 0.116. The van der Waals surface area contributed by atoms with Crippen LogP contribution in [-0.2, 0) is 13.0 Å². The number of hydrogen-bond acceptors (Lipinski definition) is 3. The number of aliphatic hydroxyl groups is 1. The minimum absolute atomic E-state index is 0.116. The Morgan fingerprint density at radius 2 is 2.16 bits per heavy atom. The van der Waals surface area contributed by atoms with Crippen molar-refractivity contribution < 1.29 is 10.2 Å². The summed E-state index contributed by atoms with van der Waals surface area (Å²) in [6, 6.07) is 5.44. The Morgan fingerprint density at radius 1 is 1.32 bits per heavy atom. The summed E-state index contributed by atoms with van der Waals surface area (Å²) in [4.78, 5) is 0. The highest BCUT2D eigenvalue weighted by atomic mass is 16.3. The van der Waals surface area contributed by atoms with Crippen molar-refractivity contribution in [1.82, 2.24) is 9.78 Å². The Kier molecular flexibility index (Phi) is 3.25. The van der Waals surface area contributed by atoms with E-state index in [9.17, 15) is 5.11 Å². The number of aromatic hydroxyl groups is 1. The number of aromatic nitrogens is 2. The fourth-order valence-corrected chi connectivity index (χ4v) is 2.27. The lowest BCUT2D eigenvalue weighted by molar-refractivity contribution is 0.299. The van der Waals surface area contributed by atoms with Crippen molar-refractivity contribution in [1.29, 1.82) is 0 Å². The quantitative estimate of drug-likeness (QED) is 0.864. The van der Waals surface area contributed by atoms with E-state index in [2.05, 4.69) is 5.10 Å². The number of rotatable bonds is 5. The molecule has 3 rings (SSSR count). The standard InChI is InChI=1S/C15H18N2O2/c18-6-5-11-3-4-15(19)14(7-11)13-8-16-17(10-13)9-12-1-2-12/h3-4,7-8,10,12,18-19H,1-2,5-6,9H2. The summed E-state index contributed by atoms with van der Waals surface area (Å²) in [5, 5.41) is 23.3. The first-order valence-electron chi connectivity index (χ1n) is 6.72. The highest BCUT2D eigenvalue weighted by Gasteiger charge is 2.22. The number of benzene rings is 1. The Hall–Kier alpha value is -1.81. The van der Waals surface area contributed by atoms with Crippen molar-refractivity contribution in [3.63, 3.8) is 0 Å². The average molecular weight is 258 g/mol. The topological polar surface area (TPSA) is 58.3 Å². The monoisotopic (exact) mass is 258 g/mol. The maximum Gasteiger partial charge on any atom is 0.123 e. The maximum atomic E-state index is 9.96. The van der Waals surface area contributed by atoms with Crippen molar-refractivity contribution >= 4 is 0 Å². The number of hydrogen-bond donors (Lipinski definition) is 2. The molecule has 0 amide bonds. The van der Waals surface area contributed by atoms with Crippen LogP contribution < -0.4 is 0 Å². The van der Waals surface area contributed by atoms with E-state index < -0.39 is 0 Å². The van der Waals surface area contributed by atoms with Gasteiger partial charge >= 0.3 is 0 Å². The van der Waals surface area contributed by atoms with Gasteiger partial charge in [-0.05, 0) is 42.9 Å². The molecular weight excluding hydrogens is 240 g/mol. The lowest BCUT2D eigenvalue weighted by atomic mass is 10.0. The van der Waals surface area contributed by atoms with Gasteiger partial charge in [0.15, 0.2) is 0 Å². The van der Waals surface area contributed by atoms with Crippen LogP contribution >= 0.6 is 0 Å². The van der Waals surface area contributed by atoms with Gasteiger partial charge in [0.2, 0.25) is 0 Å². The summed E-state index contributed by atoms with van der Waals surface area (Å²) >= 11 is 0. The molecule has 100 valence electrons. The first-order valence-corrected chi connectivity index (χ1v) is 6.72. The van der Waals surface area contributed by atoms with E-state index >= 15 is 0 Å². The van der Waals surface area contributed by atoms with E-state index in [1.807, 2.05) is 23.0 Å². The molecule has 19 heavy (non-hydrogen) atoms. The third-order valence-corrected chi connectivity index (χ3v) is 3.55. The molecule has 4 heteroatoms. The highest BCUT2D eigenvalue weighted by molar-refractivity contribution is 5.69. The second-order valence-corrected chi connectivity index (χ2v) is 5.22. The molecule has 4 nitrogen and oxygen atoms in total. The van der Waals surface area contributed by atoms with Gasteiger partial charge in [0.1, 0.15) is 5.75 Å². The lowest BCUT2D eigenvalue weighted by Crippen LogP contribution is -1.99. The van der Waals surface area contributed by atoms with Crippen LogP contribution in [0.2, 0.25) is 0 Å². The molecule has 1 saturated carbocycles. The molecule has 1 heterocycles. The predicted molar refractivity (Wildman–Crippen MR) is 72.8 cm³/mol. The van der Waals surface area contributed by atoms with Gasteiger partial charge in [-0.2, -0.15) is 5.10 Å². The predicted octanol–water partition coefficient (Wildman–Crippen LogP) is 2.20. The van der Waals surface area contributed by atoms with Crippen molar-refractivity contribution in [3.05, 3.63) is 36.2 Å². The summed E-state index contributed by atoms with van der Waals surface area (Å²) in [5.41, 5.74) is 2.73. The first-order chi connectivity index (χ1) is 9.26. The molecule has 0 spiro atoms. The molecule has 0 atom stereocenters. The number of phenols is 1. The van der Waals surface area contributed by atoms with E-state index in [0.717, 1.165) is 29.2 Å². The van der Waals surface area contributed by atoms with E-state index in [4.69, 9.17) is 5.11 Å². The summed E-state index contributed by atoms with van der Waals surface area (Å²) in [5.74, 6) is 1.04. The molecule has 2 N–H and O–H groups in total. The summed E-state index contributed by atoms with van der Waals surface area (Å²) in [6.45, 7) is 1.09. The lowest BCUT2D eigenvalue weighted by Gasteiger charge is -2.05. The summed E-state index contributed by atoms with van der Waals surface area (Å²) in [6.07, 6.45) is 6.97. The number of nitrogens with zero attached hydrogens (tertiary/aromatic N) is 2. The minimum Gasteiger partial charge on any atom is -0.507 e. The Bertz CT molecular complexity index is 573. The molecular formula is C15H18N2O2. The molecule has 0 unspecified atom stereocenters. The van der Waals surface area contributed by atoms with Gasteiger partial charge in [0.05, 0.1) is 6.20 Å². The zero-order chi connectivity index (χ0) is 13.2. The van der Waals surface area contributed by atoms with Gasteiger partial charge in [-0.1, -0.05) is 6.07 Å². The van der Waals surface area contributed by atoms with Crippen molar-refractivity contribution in [2.24, 2.45) is 5.92 Å². The van der Waals surface area contributed by atoms with Crippen LogP contribution in [0.3, 0.4) is 0 Å². The third kappa shape index (κ3) is 2.79. The largest absolute Gasteiger partial charge is 0.507 e. The summed E-state index contributed by atoms with van der Waals surface area (Å²) in [7, 11) is 0. The Labute approximate surface area is 112 Å². The Morgan fingerprint density at radius 3 is 2.89 bits per heavy atom. The van der Waals surface area contributed by atoms with Crippen LogP contribution in [0.5, 0.6) is 5.75 Å². The molecule has 1 aromatic heterocycles. The van der Waals surface area contributed by atoms with Gasteiger partial charge in [0.25, 0.3) is 0 Å². The van der Waals surface area contributed by atoms with Crippen LogP contribution in [-0.4, -0.2) is 26.6 Å². The first kappa shape index (κ1) is 12.2. The Balaban J connectivity index is 1.86. The molecule has 0 bridgehead atoms. The normalized spacial score (nSPS) is 14.8. The van der Waals surface area contributed by atoms with Crippen LogP contribution in [0.25, 0.3) is 11.1 Å². The molecule has 1 aromatic carbocycles. The van der Waals surface area contributed by atoms with Crippen molar-refractivity contribution in [3.8, 4) is 16.9 Å². The van der Waals surface area contributed by atoms with Crippen LogP contribution in [0.4, 0.5) is 0 Å². The number of phenolic OH excluding ortho intramolecular Hbond substituents is 1. The zero-order valence-corrected chi connectivity index (χ0v) is 10.8. The molecule has 0 saturated heterocycles. The smallest absolute Gasteiger partial charge is 0.123 e. The SMILES string of the molecule is OCCc1ccc(O)c(-c2cnn(CC3CC3)c2)c1. The fourth-order valence-electron chi connectivity index (χ4n) is 2.27. The maximum absolute atomic E-state index is 9.96. The van der Waals surface area contributed by atoms with Crippen LogP contribution in [0, 0.1) is 5.92 Å². The molecule has 0 aliphatic heterocycles. The van der Waals surface area contributed by atoms with Crippen LogP contribution in [0.1, 0.15) is 18.4 Å². The average Bonchev–Trinajstić information content (AvgIpc) is 3.09. The van der Waals surface area contributed by atoms with E-state index in [1.54, 1.807) is 12.3 Å². The van der Waals surface area contributed by atoms with Gasteiger partial charge in [0, 0.05) is 30.5 Å². The van der Waals surface area contributed by atoms with Crippen LogP contribution in [0.15, 0.2) is 30.6 Å². The van der Waals surface area contributed by atoms with E-state index in [0.29, 0.717) is 6.42 Å². The van der Waals surface area contributed by atoms with Gasteiger partial charge < -0.3 is 10.2 Å². The molecule has 2 aromatic rings. The van der Waals surface area contributed by atoms with Crippen molar-refractivity contribution in [2.45, 2.75) is 25.8 Å². The highest BCUT2D eigenvalue weighted by Crippen LogP contribution is 2.32. The van der Waals surface area contributed by atoms with Gasteiger partial charge in [-0.3, -0.25) is 4.68 Å². The van der Waals surface area contributed by atoms with E-state index in [1.165, 1.54) is 12.8 Å². The third-order valence-electron chi connectivity index (χ3n) is 3.55. The van der Waals surface area contributed by atoms with Gasteiger partial charge in [-0.25, -0.2) is 0 Å². The fraction of sp³-hybridized carbons (Fsp3) is 0.400. The summed E-state index contributed by atoms with van der Waals surface area (Å²) < 4.78 is 1.95. The number of aliphatic hydroxyl groups excluding tert-OH is 1. The van der Waals surface area contributed by atoms with E-state index in [-0.39, 0.29) is 12.4 Å². The second-order valence-electron chi connectivity index (χ2n) is 5.22. The molecule has 1 fully saturated rings. The molecule has 0 radical (unpaired) electrons.